The molecule has 0 fully saturated rings. The van der Waals surface area contributed by atoms with Gasteiger partial charge in [-0.3, -0.25) is 0 Å². The van der Waals surface area contributed by atoms with Crippen molar-refractivity contribution in [1.82, 2.24) is 20.2 Å². The predicted octanol–water partition coefficient (Wildman–Crippen LogP) is 1.91. The molecule has 1 N–H and O–H groups in total. The van der Waals surface area contributed by atoms with Crippen molar-refractivity contribution in [3.8, 4) is 0 Å². The molecule has 1 aromatic heterocycles. The predicted molar refractivity (Wildman–Crippen MR) is 79.9 cm³/mol. The molecule has 114 valence electrons. The molecule has 0 radical (unpaired) electrons. The van der Waals surface area contributed by atoms with E-state index in [0.717, 1.165) is 5.56 Å². The molecule has 1 aliphatic heterocycles. The van der Waals surface area contributed by atoms with Crippen LogP contribution in [0.25, 0.3) is 0 Å². The lowest BCUT2D eigenvalue weighted by Gasteiger charge is -2.27. The maximum absolute atomic E-state index is 12.5. The smallest absolute Gasteiger partial charge is 0.338 e. The Kier molecular flexibility index (Phi) is 3.62. The molecule has 7 heteroatoms. The summed E-state index contributed by atoms with van der Waals surface area (Å²) < 4.78 is 6.98. The Balaban J connectivity index is 2.10. The van der Waals surface area contributed by atoms with Crippen molar-refractivity contribution >= 4 is 11.9 Å². The van der Waals surface area contributed by atoms with Crippen LogP contribution in [0.4, 0.5) is 5.95 Å². The van der Waals surface area contributed by atoms with Gasteiger partial charge in [-0.15, -0.1) is 0 Å². The number of rotatable bonds is 3. The Morgan fingerprint density at radius 3 is 2.73 bits per heavy atom. The average molecular weight is 299 g/mol. The van der Waals surface area contributed by atoms with Crippen molar-refractivity contribution in [2.24, 2.45) is 0 Å². The fourth-order valence-corrected chi connectivity index (χ4v) is 2.50. The Bertz CT molecular complexity index is 721. The summed E-state index contributed by atoms with van der Waals surface area (Å²) in [5, 5.41) is 14.7. The van der Waals surface area contributed by atoms with Crippen LogP contribution in [0.15, 0.2) is 41.6 Å². The molecule has 0 bridgehead atoms. The first kappa shape index (κ1) is 14.2. The van der Waals surface area contributed by atoms with E-state index in [0.29, 0.717) is 17.2 Å². The number of hydrogen-bond acceptors (Lipinski definition) is 6. The van der Waals surface area contributed by atoms with Crippen LogP contribution in [0, 0.1) is 0 Å². The highest BCUT2D eigenvalue weighted by molar-refractivity contribution is 5.92. The van der Waals surface area contributed by atoms with Crippen LogP contribution in [0.2, 0.25) is 0 Å². The molecule has 1 atom stereocenters. The van der Waals surface area contributed by atoms with E-state index in [1.54, 1.807) is 4.68 Å². The van der Waals surface area contributed by atoms with Crippen LogP contribution >= 0.6 is 0 Å². The second-order valence-corrected chi connectivity index (χ2v) is 5.38. The lowest BCUT2D eigenvalue weighted by Crippen LogP contribution is -2.30. The van der Waals surface area contributed by atoms with Crippen LogP contribution in [0.5, 0.6) is 0 Å². The number of tetrazole rings is 1. The summed E-state index contributed by atoms with van der Waals surface area (Å²) in [4.78, 5) is 12.5. The first-order valence-electron chi connectivity index (χ1n) is 7.09. The van der Waals surface area contributed by atoms with E-state index < -0.39 is 6.04 Å². The fraction of sp³-hybridized carbons (Fsp3) is 0.333. The highest BCUT2D eigenvalue weighted by Gasteiger charge is 2.35. The number of ether oxygens (including phenoxy) is 1. The number of fused-ring (bicyclic) bond motifs is 1. The molecular formula is C15H17N5O2. The summed E-state index contributed by atoms with van der Waals surface area (Å²) in [5.74, 6) is 0.141. The van der Waals surface area contributed by atoms with Gasteiger partial charge in [0, 0.05) is 5.70 Å². The van der Waals surface area contributed by atoms with Crippen molar-refractivity contribution in [1.29, 1.82) is 0 Å². The molecule has 0 aliphatic carbocycles. The van der Waals surface area contributed by atoms with Gasteiger partial charge in [-0.25, -0.2) is 4.79 Å². The van der Waals surface area contributed by atoms with E-state index in [4.69, 9.17) is 4.74 Å². The van der Waals surface area contributed by atoms with E-state index in [1.807, 2.05) is 51.1 Å². The van der Waals surface area contributed by atoms with E-state index in [1.165, 1.54) is 0 Å². The molecule has 1 aromatic carbocycles. The largest absolute Gasteiger partial charge is 0.459 e. The van der Waals surface area contributed by atoms with Gasteiger partial charge >= 0.3 is 5.97 Å². The molecular weight excluding hydrogens is 282 g/mol. The van der Waals surface area contributed by atoms with Crippen LogP contribution in [0.3, 0.4) is 0 Å². The van der Waals surface area contributed by atoms with E-state index in [-0.39, 0.29) is 12.1 Å². The number of nitrogens with one attached hydrogen (secondary N) is 1. The topological polar surface area (TPSA) is 81.9 Å². The van der Waals surface area contributed by atoms with Crippen molar-refractivity contribution < 1.29 is 9.53 Å². The molecule has 0 spiro atoms. The summed E-state index contributed by atoms with van der Waals surface area (Å²) in [5.41, 5.74) is 2.13. The van der Waals surface area contributed by atoms with Gasteiger partial charge in [0.25, 0.3) is 0 Å². The van der Waals surface area contributed by atoms with E-state index in [2.05, 4.69) is 20.8 Å². The Morgan fingerprint density at radius 2 is 2.05 bits per heavy atom. The van der Waals surface area contributed by atoms with Crippen molar-refractivity contribution in [3.05, 3.63) is 47.2 Å². The van der Waals surface area contributed by atoms with Gasteiger partial charge < -0.3 is 10.1 Å². The van der Waals surface area contributed by atoms with Crippen LogP contribution in [-0.2, 0) is 9.53 Å². The maximum atomic E-state index is 12.5. The number of nitrogens with zero attached hydrogens (tertiary/aromatic N) is 4. The minimum atomic E-state index is -0.404. The van der Waals surface area contributed by atoms with Gasteiger partial charge in [0.2, 0.25) is 5.95 Å². The molecule has 0 amide bonds. The first-order chi connectivity index (χ1) is 10.6. The number of carbonyl (C=O) groups excluding carboxylic acids is 1. The molecule has 0 saturated heterocycles. The van der Waals surface area contributed by atoms with Gasteiger partial charge in [0.05, 0.1) is 11.7 Å². The minimum Gasteiger partial charge on any atom is -0.459 e. The highest BCUT2D eigenvalue weighted by atomic mass is 16.5. The second kappa shape index (κ2) is 5.59. The Hall–Kier alpha value is -2.70. The first-order valence-corrected chi connectivity index (χ1v) is 7.09. The standard InChI is InChI=1S/C15H17N5O2/c1-9(2)22-14(21)12-10(3)16-15-17-18-19-20(15)13(12)11-7-5-4-6-8-11/h4-9,13H,1-3H3,(H,16,17,19)/t13-/m1/s1. The zero-order valence-corrected chi connectivity index (χ0v) is 12.6. The summed E-state index contributed by atoms with van der Waals surface area (Å²) in [6.45, 7) is 5.47. The maximum Gasteiger partial charge on any atom is 0.338 e. The molecule has 0 saturated carbocycles. The lowest BCUT2D eigenvalue weighted by atomic mass is 9.96. The third-order valence-corrected chi connectivity index (χ3v) is 3.39. The van der Waals surface area contributed by atoms with Gasteiger partial charge in [-0.2, -0.15) is 4.68 Å². The third-order valence-electron chi connectivity index (χ3n) is 3.39. The number of aromatic nitrogens is 4. The molecule has 1 aliphatic rings. The number of benzene rings is 1. The van der Waals surface area contributed by atoms with Crippen LogP contribution in [0.1, 0.15) is 32.4 Å². The zero-order valence-electron chi connectivity index (χ0n) is 12.6. The average Bonchev–Trinajstić information content (AvgIpc) is 2.93. The van der Waals surface area contributed by atoms with E-state index >= 15 is 0 Å². The Morgan fingerprint density at radius 1 is 1.32 bits per heavy atom. The van der Waals surface area contributed by atoms with Crippen molar-refractivity contribution in [2.75, 3.05) is 5.32 Å². The van der Waals surface area contributed by atoms with Gasteiger partial charge in [0.1, 0.15) is 6.04 Å². The summed E-state index contributed by atoms with van der Waals surface area (Å²) >= 11 is 0. The number of allylic oxidation sites excluding steroid dienone is 1. The third kappa shape index (κ3) is 2.45. The monoisotopic (exact) mass is 299 g/mol. The van der Waals surface area contributed by atoms with Gasteiger partial charge in [0.15, 0.2) is 0 Å². The van der Waals surface area contributed by atoms with Gasteiger partial charge in [-0.05, 0) is 36.8 Å². The summed E-state index contributed by atoms with van der Waals surface area (Å²) in [7, 11) is 0. The van der Waals surface area contributed by atoms with E-state index in [9.17, 15) is 4.79 Å². The highest BCUT2D eigenvalue weighted by Crippen LogP contribution is 2.34. The Labute approximate surface area is 128 Å². The number of anilines is 1. The summed E-state index contributed by atoms with van der Waals surface area (Å²) in [6.07, 6.45) is -0.195. The van der Waals surface area contributed by atoms with Crippen LogP contribution < -0.4 is 5.32 Å². The number of carbonyl (C=O) groups is 1. The quantitative estimate of drug-likeness (QED) is 0.872. The van der Waals surface area contributed by atoms with Crippen LogP contribution in [-0.4, -0.2) is 32.3 Å². The molecule has 22 heavy (non-hydrogen) atoms. The SMILES string of the molecule is CC1=C(C(=O)OC(C)C)[C@@H](c2ccccc2)n2nnnc2N1. The second-order valence-electron chi connectivity index (χ2n) is 5.38. The normalized spacial score (nSPS) is 17.2. The van der Waals surface area contributed by atoms with Crippen molar-refractivity contribution in [2.45, 2.75) is 32.9 Å². The number of esters is 1. The van der Waals surface area contributed by atoms with Crippen molar-refractivity contribution in [3.63, 3.8) is 0 Å². The molecule has 2 heterocycles. The van der Waals surface area contributed by atoms with Gasteiger partial charge in [-0.1, -0.05) is 35.4 Å². The lowest BCUT2D eigenvalue weighted by molar-refractivity contribution is -0.143. The molecule has 2 aromatic rings. The minimum absolute atomic E-state index is 0.195. The number of hydrogen-bond donors (Lipinski definition) is 1. The zero-order chi connectivity index (χ0) is 15.7. The molecule has 7 nitrogen and oxygen atoms in total. The molecule has 3 rings (SSSR count). The summed E-state index contributed by atoms with van der Waals surface area (Å²) in [6, 6.07) is 9.24. The fourth-order valence-electron chi connectivity index (χ4n) is 2.50. The molecule has 0 unspecified atom stereocenters.